The molecule has 0 saturated heterocycles. The van der Waals surface area contributed by atoms with E-state index in [1.807, 2.05) is 24.3 Å². The summed E-state index contributed by atoms with van der Waals surface area (Å²) >= 11 is 1.68. The lowest BCUT2D eigenvalue weighted by Gasteiger charge is -2.30. The second-order valence-electron chi connectivity index (χ2n) is 7.38. The Morgan fingerprint density at radius 3 is 3.00 bits per heavy atom. The quantitative estimate of drug-likeness (QED) is 0.716. The van der Waals surface area contributed by atoms with E-state index in [0.29, 0.717) is 19.7 Å². The van der Waals surface area contributed by atoms with Crippen LogP contribution in [0, 0.1) is 0 Å². The number of hydrogen-bond acceptors (Lipinski definition) is 6. The smallest absolute Gasteiger partial charge is 0.259 e. The van der Waals surface area contributed by atoms with Gasteiger partial charge in [-0.3, -0.25) is 9.69 Å². The molecule has 6 nitrogen and oxygen atoms in total. The molecule has 1 aromatic carbocycles. The lowest BCUT2D eigenvalue weighted by molar-refractivity contribution is 0.0573. The monoisotopic (exact) mass is 397 g/mol. The first-order chi connectivity index (χ1) is 13.7. The number of ether oxygens (including phenoxy) is 2. The molecule has 1 unspecified atom stereocenters. The van der Waals surface area contributed by atoms with Gasteiger partial charge in [-0.1, -0.05) is 19.1 Å². The summed E-state index contributed by atoms with van der Waals surface area (Å²) in [7, 11) is 0. The molecule has 0 spiro atoms. The fraction of sp³-hybridized carbons (Fsp3) is 0.429. The minimum absolute atomic E-state index is 0.00151. The zero-order valence-corrected chi connectivity index (χ0v) is 16.7. The Kier molecular flexibility index (Phi) is 4.56. The molecule has 1 aliphatic heterocycles. The number of fused-ring (bicyclic) bond motifs is 4. The largest absolute Gasteiger partial charge is 0.486 e. The zero-order chi connectivity index (χ0) is 19.1. The van der Waals surface area contributed by atoms with Crippen LogP contribution in [-0.2, 0) is 19.4 Å². The molecule has 3 heterocycles. The topological polar surface area (TPSA) is 67.5 Å². The van der Waals surface area contributed by atoms with Crippen molar-refractivity contribution in [3.63, 3.8) is 0 Å². The van der Waals surface area contributed by atoms with Crippen molar-refractivity contribution < 1.29 is 9.47 Å². The molecule has 1 aliphatic carbocycles. The first-order valence-corrected chi connectivity index (χ1v) is 10.7. The molecule has 0 amide bonds. The Morgan fingerprint density at radius 1 is 1.29 bits per heavy atom. The van der Waals surface area contributed by atoms with E-state index >= 15 is 0 Å². The first kappa shape index (κ1) is 17.7. The summed E-state index contributed by atoms with van der Waals surface area (Å²) in [6, 6.07) is 7.75. The van der Waals surface area contributed by atoms with Gasteiger partial charge in [0.2, 0.25) is 0 Å². The summed E-state index contributed by atoms with van der Waals surface area (Å²) in [5.41, 5.74) is 1.22. The van der Waals surface area contributed by atoms with Gasteiger partial charge in [-0.2, -0.15) is 0 Å². The van der Waals surface area contributed by atoms with Gasteiger partial charge in [0, 0.05) is 11.4 Å². The Hall–Kier alpha value is -2.38. The van der Waals surface area contributed by atoms with Gasteiger partial charge in [-0.15, -0.1) is 11.3 Å². The number of likely N-dealkylation sites (N-methyl/N-ethyl adjacent to an activating group) is 1. The minimum Gasteiger partial charge on any atom is -0.486 e. The Labute approximate surface area is 167 Å². The van der Waals surface area contributed by atoms with Crippen LogP contribution < -0.4 is 15.0 Å². The number of nitrogens with one attached hydrogen (secondary N) is 1. The number of aromatic amines is 1. The maximum atomic E-state index is 12.7. The predicted molar refractivity (Wildman–Crippen MR) is 110 cm³/mol. The molecular weight excluding hydrogens is 374 g/mol. The van der Waals surface area contributed by atoms with Crippen LogP contribution in [0.2, 0.25) is 0 Å². The van der Waals surface area contributed by atoms with E-state index in [-0.39, 0.29) is 11.7 Å². The van der Waals surface area contributed by atoms with Crippen LogP contribution in [0.1, 0.15) is 29.6 Å². The van der Waals surface area contributed by atoms with Gasteiger partial charge in [-0.25, -0.2) is 4.98 Å². The predicted octanol–water partition coefficient (Wildman–Crippen LogP) is 3.14. The number of thiophene rings is 1. The van der Waals surface area contributed by atoms with E-state index < -0.39 is 0 Å². The third-order valence-corrected chi connectivity index (χ3v) is 6.66. The molecule has 1 N–H and O–H groups in total. The van der Waals surface area contributed by atoms with E-state index in [1.165, 1.54) is 10.4 Å². The Balaban J connectivity index is 1.33. The van der Waals surface area contributed by atoms with E-state index in [1.54, 1.807) is 11.3 Å². The van der Waals surface area contributed by atoms with Crippen LogP contribution in [0.5, 0.6) is 11.5 Å². The van der Waals surface area contributed by atoms with Crippen LogP contribution in [-0.4, -0.2) is 40.7 Å². The van der Waals surface area contributed by atoms with E-state index in [2.05, 4.69) is 16.8 Å². The standard InChI is InChI=1S/C21H23N3O3S/c1-2-24(10-13-12-26-15-7-3-4-8-16(15)27-13)11-18-22-20(25)19-14-6-5-9-17(14)28-21(19)23-18/h3-4,7-8,13H,2,5-6,9-12H2,1H3,(H,22,23,25). The van der Waals surface area contributed by atoms with Crippen molar-refractivity contribution in [3.05, 3.63) is 50.9 Å². The highest BCUT2D eigenvalue weighted by atomic mass is 32.1. The molecule has 146 valence electrons. The maximum absolute atomic E-state index is 12.7. The summed E-state index contributed by atoms with van der Waals surface area (Å²) in [6.45, 7) is 4.77. The van der Waals surface area contributed by atoms with Crippen LogP contribution in [0.25, 0.3) is 10.2 Å². The maximum Gasteiger partial charge on any atom is 0.259 e. The van der Waals surface area contributed by atoms with Crippen LogP contribution in [0.3, 0.4) is 0 Å². The van der Waals surface area contributed by atoms with Crippen molar-refractivity contribution in [2.45, 2.75) is 38.8 Å². The summed E-state index contributed by atoms with van der Waals surface area (Å²) in [6.07, 6.45) is 3.18. The third-order valence-electron chi connectivity index (χ3n) is 5.47. The highest BCUT2D eigenvalue weighted by Gasteiger charge is 2.24. The lowest BCUT2D eigenvalue weighted by Crippen LogP contribution is -2.41. The number of rotatable bonds is 5. The number of H-pyrrole nitrogens is 1. The van der Waals surface area contributed by atoms with Crippen LogP contribution in [0.4, 0.5) is 0 Å². The average molecular weight is 398 g/mol. The summed E-state index contributed by atoms with van der Waals surface area (Å²) in [4.78, 5) is 24.9. The fourth-order valence-electron chi connectivity index (χ4n) is 4.08. The molecule has 3 aromatic rings. The second kappa shape index (κ2) is 7.22. The number of nitrogens with zero attached hydrogens (tertiary/aromatic N) is 2. The molecule has 1 atom stereocenters. The van der Waals surface area contributed by atoms with Crippen molar-refractivity contribution in [3.8, 4) is 11.5 Å². The van der Waals surface area contributed by atoms with Crippen molar-refractivity contribution in [1.29, 1.82) is 0 Å². The van der Waals surface area contributed by atoms with Gasteiger partial charge in [0.1, 0.15) is 23.4 Å². The minimum atomic E-state index is -0.0455. The van der Waals surface area contributed by atoms with Crippen molar-refractivity contribution >= 4 is 21.6 Å². The van der Waals surface area contributed by atoms with Gasteiger partial charge in [0.25, 0.3) is 5.56 Å². The van der Waals surface area contributed by atoms with Crippen molar-refractivity contribution in [2.24, 2.45) is 0 Å². The number of para-hydroxylation sites is 2. The zero-order valence-electron chi connectivity index (χ0n) is 15.9. The van der Waals surface area contributed by atoms with E-state index in [9.17, 15) is 4.79 Å². The molecule has 0 fully saturated rings. The molecule has 5 rings (SSSR count). The molecule has 0 radical (unpaired) electrons. The first-order valence-electron chi connectivity index (χ1n) is 9.85. The fourth-order valence-corrected chi connectivity index (χ4v) is 5.36. The van der Waals surface area contributed by atoms with Crippen molar-refractivity contribution in [1.82, 2.24) is 14.9 Å². The second-order valence-corrected chi connectivity index (χ2v) is 8.46. The molecule has 2 aromatic heterocycles. The molecule has 0 saturated carbocycles. The average Bonchev–Trinajstić information content (AvgIpc) is 3.28. The van der Waals surface area contributed by atoms with Gasteiger partial charge in [0.15, 0.2) is 11.5 Å². The molecule has 28 heavy (non-hydrogen) atoms. The SMILES string of the molecule is CCN(Cc1nc2sc3c(c2c(=O)[nH]1)CCC3)CC1COc2ccccc2O1. The van der Waals surface area contributed by atoms with Crippen LogP contribution in [0.15, 0.2) is 29.1 Å². The highest BCUT2D eigenvalue weighted by molar-refractivity contribution is 7.18. The number of aromatic nitrogens is 2. The summed E-state index contributed by atoms with van der Waals surface area (Å²) < 4.78 is 11.9. The van der Waals surface area contributed by atoms with Gasteiger partial charge >= 0.3 is 0 Å². The Morgan fingerprint density at radius 2 is 2.14 bits per heavy atom. The van der Waals surface area contributed by atoms with Crippen molar-refractivity contribution in [2.75, 3.05) is 19.7 Å². The summed E-state index contributed by atoms with van der Waals surface area (Å²) in [5.74, 6) is 2.30. The highest BCUT2D eigenvalue weighted by Crippen LogP contribution is 2.34. The van der Waals surface area contributed by atoms with E-state index in [0.717, 1.165) is 53.3 Å². The normalized spacial score (nSPS) is 18.0. The molecular formula is C21H23N3O3S. The summed E-state index contributed by atoms with van der Waals surface area (Å²) in [5, 5.41) is 0.810. The van der Waals surface area contributed by atoms with Gasteiger partial charge in [-0.05, 0) is 43.5 Å². The van der Waals surface area contributed by atoms with Crippen LogP contribution >= 0.6 is 11.3 Å². The lowest BCUT2D eigenvalue weighted by atomic mass is 10.2. The third kappa shape index (κ3) is 3.18. The Bertz CT molecular complexity index is 1070. The van der Waals surface area contributed by atoms with Gasteiger partial charge < -0.3 is 14.5 Å². The number of benzene rings is 1. The van der Waals surface area contributed by atoms with Gasteiger partial charge in [0.05, 0.1) is 11.9 Å². The molecule has 7 heteroatoms. The number of hydrogen-bond donors (Lipinski definition) is 1. The molecule has 2 aliphatic rings. The number of aryl methyl sites for hydroxylation is 2. The van der Waals surface area contributed by atoms with E-state index in [4.69, 9.17) is 14.5 Å². The molecule has 0 bridgehead atoms.